The number of methoxy groups -OCH3 is 2. The predicted octanol–water partition coefficient (Wildman–Crippen LogP) is 7.42. The van der Waals surface area contributed by atoms with Gasteiger partial charge in [0.1, 0.15) is 29.4 Å². The largest absolute Gasteiger partial charge is 0.497 e. The van der Waals surface area contributed by atoms with E-state index in [1.165, 1.54) is 0 Å². The molecule has 12 nitrogen and oxygen atoms in total. The number of hydrogen-bond donors (Lipinski definition) is 2. The number of nitrogens with one attached hydrogen (secondary N) is 2. The quantitative estimate of drug-likeness (QED) is 0.0930. The molecule has 13 heteroatoms. The standard InChI is InChI=1S/C41H51N5O7Si/c1-26(2)37(47)44-39-43-36-35(38(48)45-39)42-25-46(36)34-23-32(53-54(8,9)40(3,4)5)33(52-34)24-51-41(27-13-11-10-12-14-27,28-15-19-30(49-6)20-16-28)29-17-21-31(50-7)22-18-29/h10-22,25-26,32-34H,23-24H2,1-9H3,(H2,43,44,45,47,48)/t32-,33-,34-/m1/s1. The Morgan fingerprint density at radius 3 is 2.06 bits per heavy atom. The van der Waals surface area contributed by atoms with Crippen molar-refractivity contribution in [3.8, 4) is 11.5 Å². The van der Waals surface area contributed by atoms with Crippen LogP contribution in [-0.4, -0.2) is 66.8 Å². The molecule has 0 saturated carbocycles. The zero-order valence-corrected chi connectivity index (χ0v) is 33.5. The van der Waals surface area contributed by atoms with E-state index in [1.807, 2.05) is 66.7 Å². The van der Waals surface area contributed by atoms with Crippen LogP contribution in [0.4, 0.5) is 5.95 Å². The van der Waals surface area contributed by atoms with Crippen LogP contribution in [0.5, 0.6) is 11.5 Å². The lowest BCUT2D eigenvalue weighted by Crippen LogP contribution is -2.47. The Balaban J connectivity index is 1.42. The van der Waals surface area contributed by atoms with Gasteiger partial charge in [0.15, 0.2) is 19.5 Å². The van der Waals surface area contributed by atoms with E-state index in [0.29, 0.717) is 12.1 Å². The van der Waals surface area contributed by atoms with Gasteiger partial charge < -0.3 is 23.4 Å². The van der Waals surface area contributed by atoms with Gasteiger partial charge in [-0.15, -0.1) is 0 Å². The van der Waals surface area contributed by atoms with Crippen LogP contribution in [-0.2, 0) is 24.3 Å². The van der Waals surface area contributed by atoms with Gasteiger partial charge in [0, 0.05) is 12.3 Å². The first-order chi connectivity index (χ1) is 25.7. The summed E-state index contributed by atoms with van der Waals surface area (Å²) in [5.74, 6) is 0.934. The smallest absolute Gasteiger partial charge is 0.280 e. The third kappa shape index (κ3) is 7.72. The van der Waals surface area contributed by atoms with E-state index in [9.17, 15) is 9.59 Å². The lowest BCUT2D eigenvalue weighted by atomic mass is 9.80. The molecular formula is C41H51N5O7Si. The Hall–Kier alpha value is -4.82. The van der Waals surface area contributed by atoms with Crippen molar-refractivity contribution in [2.45, 2.75) is 83.2 Å². The maximum absolute atomic E-state index is 13.1. The maximum atomic E-state index is 13.1. The third-order valence-electron chi connectivity index (χ3n) is 10.6. The van der Waals surface area contributed by atoms with Crippen LogP contribution < -0.4 is 20.3 Å². The Bertz CT molecular complexity index is 2060. The third-order valence-corrected chi connectivity index (χ3v) is 15.1. The van der Waals surface area contributed by atoms with Crippen LogP contribution >= 0.6 is 0 Å². The monoisotopic (exact) mass is 753 g/mol. The van der Waals surface area contributed by atoms with Crippen molar-refractivity contribution < 1.29 is 28.2 Å². The number of aromatic amines is 1. The van der Waals surface area contributed by atoms with E-state index in [-0.39, 0.29) is 41.0 Å². The van der Waals surface area contributed by atoms with Crippen molar-refractivity contribution >= 4 is 31.3 Å². The van der Waals surface area contributed by atoms with Crippen LogP contribution in [0.1, 0.15) is 64.0 Å². The summed E-state index contributed by atoms with van der Waals surface area (Å²) in [7, 11) is 0.971. The summed E-state index contributed by atoms with van der Waals surface area (Å²) < 4.78 is 34.1. The highest BCUT2D eigenvalue weighted by molar-refractivity contribution is 6.74. The lowest BCUT2D eigenvalue weighted by Gasteiger charge is -2.40. The Morgan fingerprint density at radius 1 is 0.944 bits per heavy atom. The Kier molecular flexibility index (Phi) is 11.2. The highest BCUT2D eigenvalue weighted by Crippen LogP contribution is 2.45. The molecule has 1 saturated heterocycles. The van der Waals surface area contributed by atoms with Crippen LogP contribution in [0.3, 0.4) is 0 Å². The summed E-state index contributed by atoms with van der Waals surface area (Å²) in [5, 5.41) is 2.63. The number of rotatable bonds is 13. The van der Waals surface area contributed by atoms with Gasteiger partial charge in [0.2, 0.25) is 11.9 Å². The number of ether oxygens (including phenoxy) is 4. The normalized spacial score (nSPS) is 17.9. The molecule has 54 heavy (non-hydrogen) atoms. The zero-order chi connectivity index (χ0) is 38.8. The van der Waals surface area contributed by atoms with Crippen LogP contribution in [0.2, 0.25) is 18.1 Å². The Morgan fingerprint density at radius 2 is 1.52 bits per heavy atom. The van der Waals surface area contributed by atoms with Gasteiger partial charge in [-0.05, 0) is 59.1 Å². The topological polar surface area (TPSA) is 139 Å². The molecule has 1 fully saturated rings. The van der Waals surface area contributed by atoms with Gasteiger partial charge in [0.25, 0.3) is 5.56 Å². The summed E-state index contributed by atoms with van der Waals surface area (Å²) in [5.41, 5.74) is 1.64. The van der Waals surface area contributed by atoms with E-state index in [4.69, 9.17) is 23.4 Å². The molecule has 0 bridgehead atoms. The molecule has 0 unspecified atom stereocenters. The van der Waals surface area contributed by atoms with E-state index in [1.54, 1.807) is 39.0 Å². The molecule has 3 heterocycles. The second-order valence-corrected chi connectivity index (χ2v) is 20.2. The Labute approximate surface area is 317 Å². The van der Waals surface area contributed by atoms with Crippen LogP contribution in [0.15, 0.2) is 90.0 Å². The van der Waals surface area contributed by atoms with Gasteiger partial charge in [-0.3, -0.25) is 24.5 Å². The summed E-state index contributed by atoms with van der Waals surface area (Å²) in [4.78, 5) is 37.2. The number of benzene rings is 3. The van der Waals surface area contributed by atoms with Crippen molar-refractivity contribution in [1.29, 1.82) is 0 Å². The molecule has 3 aromatic carbocycles. The van der Waals surface area contributed by atoms with Crippen molar-refractivity contribution in [2.24, 2.45) is 5.92 Å². The molecule has 0 aliphatic carbocycles. The van der Waals surface area contributed by atoms with E-state index in [0.717, 1.165) is 28.2 Å². The molecule has 0 spiro atoms. The summed E-state index contributed by atoms with van der Waals surface area (Å²) in [6, 6.07) is 25.9. The second kappa shape index (κ2) is 15.5. The molecule has 1 aliphatic heterocycles. The maximum Gasteiger partial charge on any atom is 0.280 e. The first-order valence-corrected chi connectivity index (χ1v) is 21.2. The minimum atomic E-state index is -2.32. The van der Waals surface area contributed by atoms with Gasteiger partial charge in [-0.25, -0.2) is 4.98 Å². The van der Waals surface area contributed by atoms with Crippen LogP contribution in [0, 0.1) is 5.92 Å². The molecule has 1 amide bonds. The number of carbonyl (C=O) groups excluding carboxylic acids is 1. The van der Waals surface area contributed by atoms with Crippen molar-refractivity contribution in [2.75, 3.05) is 26.1 Å². The zero-order valence-electron chi connectivity index (χ0n) is 32.5. The van der Waals surface area contributed by atoms with Gasteiger partial charge >= 0.3 is 0 Å². The highest BCUT2D eigenvalue weighted by Gasteiger charge is 2.47. The SMILES string of the molecule is COc1ccc(C(OC[C@H]2O[C@@H](n3cnc4c(=O)[nH]c(NC(=O)C(C)C)nc43)C[C@H]2O[Si](C)(C)C(C)(C)C)(c2ccccc2)c2ccc(OC)cc2)cc1. The average molecular weight is 754 g/mol. The number of fused-ring (bicyclic) bond motifs is 1. The van der Waals surface area contributed by atoms with Crippen LogP contribution in [0.25, 0.3) is 11.2 Å². The minimum Gasteiger partial charge on any atom is -0.497 e. The molecule has 2 N–H and O–H groups in total. The summed E-state index contributed by atoms with van der Waals surface area (Å²) >= 11 is 0. The van der Waals surface area contributed by atoms with E-state index < -0.39 is 31.8 Å². The van der Waals surface area contributed by atoms with Crippen molar-refractivity contribution in [1.82, 2.24) is 19.5 Å². The van der Waals surface area contributed by atoms with E-state index >= 15 is 0 Å². The van der Waals surface area contributed by atoms with E-state index in [2.05, 4.69) is 66.3 Å². The number of amides is 1. The molecule has 5 aromatic rings. The first kappa shape index (κ1) is 38.9. The number of nitrogens with zero attached hydrogens (tertiary/aromatic N) is 3. The molecule has 286 valence electrons. The molecule has 2 aromatic heterocycles. The average Bonchev–Trinajstić information content (AvgIpc) is 3.76. The van der Waals surface area contributed by atoms with Crippen molar-refractivity contribution in [3.05, 3.63) is 112 Å². The lowest BCUT2D eigenvalue weighted by molar-refractivity contribution is -0.118. The van der Waals surface area contributed by atoms with Crippen molar-refractivity contribution in [3.63, 3.8) is 0 Å². The highest BCUT2D eigenvalue weighted by atomic mass is 28.4. The van der Waals surface area contributed by atoms with Gasteiger partial charge in [-0.1, -0.05) is 89.2 Å². The molecule has 6 rings (SSSR count). The van der Waals surface area contributed by atoms with Gasteiger partial charge in [-0.2, -0.15) is 4.98 Å². The predicted molar refractivity (Wildman–Crippen MR) is 210 cm³/mol. The van der Waals surface area contributed by atoms with Gasteiger partial charge in [0.05, 0.1) is 33.3 Å². The number of H-pyrrole nitrogens is 1. The molecule has 0 radical (unpaired) electrons. The number of carbonyl (C=O) groups is 1. The molecular weight excluding hydrogens is 703 g/mol. The minimum absolute atomic E-state index is 0.0477. The fourth-order valence-electron chi connectivity index (χ4n) is 6.44. The number of anilines is 1. The number of imidazole rings is 1. The summed E-state index contributed by atoms with van der Waals surface area (Å²) in [6.07, 6.45) is 0.534. The first-order valence-electron chi connectivity index (χ1n) is 18.3. The number of hydrogen-bond acceptors (Lipinski definition) is 9. The summed E-state index contributed by atoms with van der Waals surface area (Å²) in [6.45, 7) is 14.7. The fourth-order valence-corrected chi connectivity index (χ4v) is 7.80. The molecule has 1 aliphatic rings. The molecule has 3 atom stereocenters. The number of aromatic nitrogens is 4. The second-order valence-electron chi connectivity index (χ2n) is 15.5. The fraction of sp³-hybridized carbons (Fsp3) is 0.415.